The van der Waals surface area contributed by atoms with Crippen molar-refractivity contribution in [1.82, 2.24) is 19.9 Å². The molecule has 5 nitrogen and oxygen atoms in total. The van der Waals surface area contributed by atoms with Gasteiger partial charge in [0.05, 0.1) is 6.54 Å². The number of carbonyl (C=O) groups excluding carboxylic acids is 1. The summed E-state index contributed by atoms with van der Waals surface area (Å²) in [5, 5.41) is 6.00. The van der Waals surface area contributed by atoms with Gasteiger partial charge in [-0.05, 0) is 60.2 Å². The number of thioether (sulfide) groups is 1. The summed E-state index contributed by atoms with van der Waals surface area (Å²) in [6.07, 6.45) is 2.67. The van der Waals surface area contributed by atoms with Crippen LogP contribution in [-0.4, -0.2) is 27.0 Å². The topological polar surface area (TPSA) is 59.8 Å². The Morgan fingerprint density at radius 2 is 1.91 bits per heavy atom. The van der Waals surface area contributed by atoms with Crippen molar-refractivity contribution >= 4 is 40.2 Å². The highest BCUT2D eigenvalue weighted by molar-refractivity contribution is 7.98. The second kappa shape index (κ2) is 10.9. The predicted molar refractivity (Wildman–Crippen MR) is 144 cm³/mol. The maximum atomic E-state index is 12.5. The highest BCUT2D eigenvalue weighted by Crippen LogP contribution is 2.27. The van der Waals surface area contributed by atoms with Crippen molar-refractivity contribution < 1.29 is 4.79 Å². The Balaban J connectivity index is 1.25. The number of nitrogens with zero attached hydrogens (tertiary/aromatic N) is 3. The van der Waals surface area contributed by atoms with Crippen LogP contribution in [0.1, 0.15) is 31.9 Å². The van der Waals surface area contributed by atoms with E-state index in [2.05, 4.69) is 57.5 Å². The van der Waals surface area contributed by atoms with Crippen LogP contribution in [0.4, 0.5) is 0 Å². The quantitative estimate of drug-likeness (QED) is 0.249. The molecule has 1 N–H and O–H groups in total. The molecule has 0 aliphatic carbocycles. The van der Waals surface area contributed by atoms with Gasteiger partial charge in [-0.15, -0.1) is 11.3 Å². The number of aryl methyl sites for hydroxylation is 1. The lowest BCUT2D eigenvalue weighted by Crippen LogP contribution is -2.25. The number of pyridine rings is 1. The predicted octanol–water partition coefficient (Wildman–Crippen LogP) is 6.11. The van der Waals surface area contributed by atoms with Crippen LogP contribution < -0.4 is 5.32 Å². The molecule has 0 spiro atoms. The van der Waals surface area contributed by atoms with Crippen LogP contribution in [0.5, 0.6) is 0 Å². The second-order valence-corrected chi connectivity index (χ2v) is 10.4. The van der Waals surface area contributed by atoms with E-state index in [1.165, 1.54) is 16.0 Å². The van der Waals surface area contributed by atoms with Crippen molar-refractivity contribution in [2.75, 3.05) is 6.54 Å². The SMILES string of the molecule is Cc1cccc(Cn2c(SCc3ccc(C(=O)NCCc4cccs4)cc3)nc3cccnc32)c1. The first kappa shape index (κ1) is 23.3. The summed E-state index contributed by atoms with van der Waals surface area (Å²) in [6.45, 7) is 3.47. The van der Waals surface area contributed by atoms with Gasteiger partial charge in [-0.25, -0.2) is 9.97 Å². The number of hydrogen-bond donors (Lipinski definition) is 1. The van der Waals surface area contributed by atoms with Gasteiger partial charge in [0.25, 0.3) is 5.91 Å². The van der Waals surface area contributed by atoms with Gasteiger partial charge < -0.3 is 5.32 Å². The minimum absolute atomic E-state index is 0.0354. The van der Waals surface area contributed by atoms with E-state index in [0.717, 1.165) is 40.6 Å². The zero-order valence-electron chi connectivity index (χ0n) is 19.5. The monoisotopic (exact) mass is 498 g/mol. The number of imidazole rings is 1. The van der Waals surface area contributed by atoms with E-state index in [1.54, 1.807) is 23.1 Å². The van der Waals surface area contributed by atoms with Gasteiger partial charge >= 0.3 is 0 Å². The van der Waals surface area contributed by atoms with Crippen molar-refractivity contribution in [3.05, 3.63) is 112 Å². The van der Waals surface area contributed by atoms with Crippen LogP contribution in [-0.2, 0) is 18.7 Å². The molecule has 5 aromatic rings. The average molecular weight is 499 g/mol. The maximum Gasteiger partial charge on any atom is 0.251 e. The molecule has 0 saturated heterocycles. The molecule has 0 aliphatic heterocycles. The highest BCUT2D eigenvalue weighted by atomic mass is 32.2. The Kier molecular flexibility index (Phi) is 7.25. The van der Waals surface area contributed by atoms with E-state index in [0.29, 0.717) is 12.1 Å². The number of aromatic nitrogens is 3. The first-order valence-electron chi connectivity index (χ1n) is 11.5. The number of carbonyl (C=O) groups is 1. The van der Waals surface area contributed by atoms with E-state index in [4.69, 9.17) is 4.98 Å². The standard InChI is InChI=1S/C28H26N4OS2/c1-20-5-2-6-22(17-20)18-32-26-25(8-3-14-29-26)31-28(32)35-19-21-9-11-23(12-10-21)27(33)30-15-13-24-7-4-16-34-24/h2-12,14,16-17H,13,15,18-19H2,1H3,(H,30,33). The fourth-order valence-corrected chi connectivity index (χ4v) is 5.61. The Hall–Kier alpha value is -3.42. The fraction of sp³-hybridized carbons (Fsp3) is 0.179. The van der Waals surface area contributed by atoms with Gasteiger partial charge in [0, 0.05) is 28.9 Å². The third-order valence-electron chi connectivity index (χ3n) is 5.71. The van der Waals surface area contributed by atoms with Crippen LogP contribution in [0.3, 0.4) is 0 Å². The number of hydrogen-bond acceptors (Lipinski definition) is 5. The summed E-state index contributed by atoms with van der Waals surface area (Å²) in [4.78, 5) is 23.2. The molecule has 0 radical (unpaired) electrons. The van der Waals surface area contributed by atoms with Gasteiger partial charge in [-0.3, -0.25) is 9.36 Å². The molecule has 0 fully saturated rings. The Bertz CT molecular complexity index is 1430. The lowest BCUT2D eigenvalue weighted by molar-refractivity contribution is 0.0954. The van der Waals surface area contributed by atoms with E-state index < -0.39 is 0 Å². The van der Waals surface area contributed by atoms with Gasteiger partial charge in [-0.1, -0.05) is 59.8 Å². The summed E-state index contributed by atoms with van der Waals surface area (Å²) in [5.74, 6) is 0.726. The molecular formula is C28H26N4OS2. The summed E-state index contributed by atoms with van der Waals surface area (Å²) in [7, 11) is 0. The Morgan fingerprint density at radius 3 is 2.71 bits per heavy atom. The molecule has 3 heterocycles. The number of amides is 1. The number of rotatable bonds is 9. The molecular weight excluding hydrogens is 472 g/mol. The Morgan fingerprint density at radius 1 is 1.03 bits per heavy atom. The van der Waals surface area contributed by atoms with Crippen LogP contribution in [0.25, 0.3) is 11.2 Å². The van der Waals surface area contributed by atoms with E-state index >= 15 is 0 Å². The van der Waals surface area contributed by atoms with Crippen LogP contribution in [0.15, 0.2) is 89.5 Å². The molecule has 5 rings (SSSR count). The van der Waals surface area contributed by atoms with Crippen molar-refractivity contribution in [1.29, 1.82) is 0 Å². The van der Waals surface area contributed by atoms with Crippen LogP contribution >= 0.6 is 23.1 Å². The molecule has 35 heavy (non-hydrogen) atoms. The summed E-state index contributed by atoms with van der Waals surface area (Å²) in [5.41, 5.74) is 6.09. The summed E-state index contributed by atoms with van der Waals surface area (Å²) in [6, 6.07) is 24.4. The van der Waals surface area contributed by atoms with E-state index in [-0.39, 0.29) is 5.91 Å². The van der Waals surface area contributed by atoms with Gasteiger partial charge in [0.2, 0.25) is 0 Å². The minimum atomic E-state index is -0.0354. The zero-order valence-corrected chi connectivity index (χ0v) is 21.1. The molecule has 1 amide bonds. The first-order chi connectivity index (χ1) is 17.2. The molecule has 0 aliphatic rings. The summed E-state index contributed by atoms with van der Waals surface area (Å²) >= 11 is 3.40. The number of fused-ring (bicyclic) bond motifs is 1. The first-order valence-corrected chi connectivity index (χ1v) is 13.4. The zero-order chi connectivity index (χ0) is 24.0. The lowest BCUT2D eigenvalue weighted by atomic mass is 10.1. The van der Waals surface area contributed by atoms with Crippen molar-refractivity contribution in [2.45, 2.75) is 30.8 Å². The van der Waals surface area contributed by atoms with Crippen LogP contribution in [0.2, 0.25) is 0 Å². The minimum Gasteiger partial charge on any atom is -0.352 e. The molecule has 3 aromatic heterocycles. The highest BCUT2D eigenvalue weighted by Gasteiger charge is 2.13. The van der Waals surface area contributed by atoms with E-state index in [1.807, 2.05) is 48.7 Å². The molecule has 176 valence electrons. The van der Waals surface area contributed by atoms with E-state index in [9.17, 15) is 4.79 Å². The number of benzene rings is 2. The lowest BCUT2D eigenvalue weighted by Gasteiger charge is -2.10. The molecule has 0 bridgehead atoms. The van der Waals surface area contributed by atoms with Crippen molar-refractivity contribution in [2.24, 2.45) is 0 Å². The third kappa shape index (κ3) is 5.81. The van der Waals surface area contributed by atoms with Gasteiger partial charge in [0.15, 0.2) is 10.8 Å². The van der Waals surface area contributed by atoms with Gasteiger partial charge in [0.1, 0.15) is 5.52 Å². The van der Waals surface area contributed by atoms with Gasteiger partial charge in [-0.2, -0.15) is 0 Å². The molecule has 2 aromatic carbocycles. The second-order valence-electron chi connectivity index (χ2n) is 8.39. The summed E-state index contributed by atoms with van der Waals surface area (Å²) < 4.78 is 2.18. The van der Waals surface area contributed by atoms with Crippen molar-refractivity contribution in [3.8, 4) is 0 Å². The molecule has 0 unspecified atom stereocenters. The van der Waals surface area contributed by atoms with Crippen LogP contribution in [0, 0.1) is 6.92 Å². The molecule has 0 saturated carbocycles. The maximum absolute atomic E-state index is 12.5. The largest absolute Gasteiger partial charge is 0.352 e. The smallest absolute Gasteiger partial charge is 0.251 e. The normalized spacial score (nSPS) is 11.1. The molecule has 0 atom stereocenters. The Labute approximate surface area is 213 Å². The third-order valence-corrected chi connectivity index (χ3v) is 7.70. The van der Waals surface area contributed by atoms with Crippen molar-refractivity contribution in [3.63, 3.8) is 0 Å². The fourth-order valence-electron chi connectivity index (χ4n) is 3.94. The molecule has 7 heteroatoms. The number of thiophene rings is 1. The number of nitrogens with one attached hydrogen (secondary N) is 1. The average Bonchev–Trinajstić information content (AvgIpc) is 3.51.